The molecule has 0 radical (unpaired) electrons. The van der Waals surface area contributed by atoms with Crippen molar-refractivity contribution in [2.45, 2.75) is 4.90 Å². The zero-order chi connectivity index (χ0) is 26.4. The van der Waals surface area contributed by atoms with Crippen LogP contribution in [0.4, 0.5) is 11.4 Å². The molecule has 0 aliphatic heterocycles. The van der Waals surface area contributed by atoms with Crippen molar-refractivity contribution in [1.29, 1.82) is 0 Å². The molecule has 1 aromatic heterocycles. The minimum absolute atomic E-state index is 0.0295. The number of rotatable bonds is 10. The van der Waals surface area contributed by atoms with Gasteiger partial charge >= 0.3 is 0 Å². The van der Waals surface area contributed by atoms with Crippen LogP contribution in [0.15, 0.2) is 88.2 Å². The van der Waals surface area contributed by atoms with Crippen LogP contribution >= 0.6 is 0 Å². The van der Waals surface area contributed by atoms with Crippen molar-refractivity contribution in [2.24, 2.45) is 0 Å². The second-order valence-corrected chi connectivity index (χ2v) is 9.21. The summed E-state index contributed by atoms with van der Waals surface area (Å²) in [4.78, 5) is 13.0. The average Bonchev–Trinajstić information content (AvgIpc) is 3.37. The van der Waals surface area contributed by atoms with Crippen LogP contribution in [0.1, 0.15) is 10.6 Å². The summed E-state index contributed by atoms with van der Waals surface area (Å²) in [5, 5.41) is 2.71. The number of carbonyl (C=O) groups is 1. The maximum absolute atomic E-state index is 12.8. The molecule has 0 bridgehead atoms. The van der Waals surface area contributed by atoms with Crippen molar-refractivity contribution >= 4 is 27.3 Å². The zero-order valence-corrected chi connectivity index (χ0v) is 21.0. The van der Waals surface area contributed by atoms with Crippen molar-refractivity contribution in [3.63, 3.8) is 0 Å². The van der Waals surface area contributed by atoms with Gasteiger partial charge in [-0.15, -0.1) is 0 Å². The van der Waals surface area contributed by atoms with E-state index in [-0.39, 0.29) is 16.6 Å². The molecule has 0 saturated carbocycles. The standard InChI is InChI=1S/C26H24N2O8S/c1-32-19-15-22(33-2)25(23(16-19)34-3)27-26(29)21-12-13-24(36-21)35-18-9-7-8-17(14-18)28-37(30,31)20-10-5-4-6-11-20/h4-16,28H,1-3H3,(H,27,29). The number of hydrogen-bond donors (Lipinski definition) is 2. The van der Waals surface area contributed by atoms with Gasteiger partial charge in [-0.25, -0.2) is 8.42 Å². The molecule has 0 aliphatic carbocycles. The number of furan rings is 1. The number of methoxy groups -OCH3 is 3. The molecule has 10 nitrogen and oxygen atoms in total. The van der Waals surface area contributed by atoms with E-state index in [0.717, 1.165) is 0 Å². The van der Waals surface area contributed by atoms with Crippen LogP contribution in [0.3, 0.4) is 0 Å². The normalized spacial score (nSPS) is 10.9. The largest absolute Gasteiger partial charge is 0.496 e. The van der Waals surface area contributed by atoms with E-state index < -0.39 is 15.9 Å². The van der Waals surface area contributed by atoms with Crippen molar-refractivity contribution in [3.8, 4) is 28.9 Å². The van der Waals surface area contributed by atoms with Crippen LogP contribution < -0.4 is 29.0 Å². The average molecular weight is 525 g/mol. The Morgan fingerprint density at radius 1 is 0.784 bits per heavy atom. The minimum atomic E-state index is -3.77. The Balaban J connectivity index is 1.48. The quantitative estimate of drug-likeness (QED) is 0.292. The first kappa shape index (κ1) is 25.5. The molecule has 0 fully saturated rings. The second kappa shape index (κ2) is 11.0. The fourth-order valence-electron chi connectivity index (χ4n) is 3.35. The highest BCUT2D eigenvalue weighted by Crippen LogP contribution is 2.39. The van der Waals surface area contributed by atoms with Gasteiger partial charge in [0.15, 0.2) is 5.76 Å². The highest BCUT2D eigenvalue weighted by atomic mass is 32.2. The highest BCUT2D eigenvalue weighted by Gasteiger charge is 2.20. The monoisotopic (exact) mass is 524 g/mol. The third-order valence-corrected chi connectivity index (χ3v) is 6.51. The van der Waals surface area contributed by atoms with Crippen molar-refractivity contribution < 1.29 is 36.6 Å². The summed E-state index contributed by atoms with van der Waals surface area (Å²) < 4.78 is 54.8. The van der Waals surface area contributed by atoms with Gasteiger partial charge in [-0.1, -0.05) is 24.3 Å². The van der Waals surface area contributed by atoms with Gasteiger partial charge in [0.1, 0.15) is 28.7 Å². The number of carbonyl (C=O) groups excluding carboxylic acids is 1. The van der Waals surface area contributed by atoms with E-state index in [1.54, 1.807) is 48.5 Å². The molecule has 4 aromatic rings. The fourth-order valence-corrected chi connectivity index (χ4v) is 4.42. The molecule has 2 N–H and O–H groups in total. The topological polar surface area (TPSA) is 125 Å². The van der Waals surface area contributed by atoms with Crippen LogP contribution in [0.2, 0.25) is 0 Å². The lowest BCUT2D eigenvalue weighted by Gasteiger charge is -2.15. The number of nitrogens with one attached hydrogen (secondary N) is 2. The molecule has 1 amide bonds. The Morgan fingerprint density at radius 2 is 1.49 bits per heavy atom. The van der Waals surface area contributed by atoms with Crippen LogP contribution in [0.25, 0.3) is 0 Å². The van der Waals surface area contributed by atoms with E-state index >= 15 is 0 Å². The molecule has 4 rings (SSSR count). The lowest BCUT2D eigenvalue weighted by molar-refractivity contribution is 0.0991. The van der Waals surface area contributed by atoms with Gasteiger partial charge in [0.25, 0.3) is 21.9 Å². The van der Waals surface area contributed by atoms with E-state index in [1.807, 2.05) is 0 Å². The molecular weight excluding hydrogens is 500 g/mol. The van der Waals surface area contributed by atoms with Crippen LogP contribution in [0.5, 0.6) is 28.9 Å². The van der Waals surface area contributed by atoms with E-state index in [4.69, 9.17) is 23.4 Å². The lowest BCUT2D eigenvalue weighted by atomic mass is 10.2. The molecule has 37 heavy (non-hydrogen) atoms. The molecule has 0 unspecified atom stereocenters. The van der Waals surface area contributed by atoms with Gasteiger partial charge in [-0.05, 0) is 30.3 Å². The predicted molar refractivity (Wildman–Crippen MR) is 137 cm³/mol. The van der Waals surface area contributed by atoms with Gasteiger partial charge in [-0.2, -0.15) is 0 Å². The maximum atomic E-state index is 12.8. The first-order valence-corrected chi connectivity index (χ1v) is 12.4. The summed E-state index contributed by atoms with van der Waals surface area (Å²) in [5.41, 5.74) is 0.595. The minimum Gasteiger partial charge on any atom is -0.496 e. The van der Waals surface area contributed by atoms with Crippen LogP contribution in [-0.2, 0) is 10.0 Å². The second-order valence-electron chi connectivity index (χ2n) is 7.53. The van der Waals surface area contributed by atoms with E-state index in [2.05, 4.69) is 10.0 Å². The number of sulfonamides is 1. The molecule has 3 aromatic carbocycles. The Morgan fingerprint density at radius 3 is 2.14 bits per heavy atom. The van der Waals surface area contributed by atoms with Gasteiger partial charge in [0, 0.05) is 24.3 Å². The molecule has 1 heterocycles. The smallest absolute Gasteiger partial charge is 0.291 e. The molecular formula is C26H24N2O8S. The number of anilines is 2. The molecule has 11 heteroatoms. The fraction of sp³-hybridized carbons (Fsp3) is 0.115. The van der Waals surface area contributed by atoms with Gasteiger partial charge in [0.2, 0.25) is 0 Å². The Bertz CT molecular complexity index is 1480. The first-order valence-electron chi connectivity index (χ1n) is 10.9. The third kappa shape index (κ3) is 5.96. The molecule has 0 saturated heterocycles. The Labute approximate surface area is 213 Å². The first-order chi connectivity index (χ1) is 17.8. The number of benzene rings is 3. The Hall–Kier alpha value is -4.64. The van der Waals surface area contributed by atoms with Crippen LogP contribution in [0, 0.1) is 0 Å². The summed E-state index contributed by atoms with van der Waals surface area (Å²) in [6.45, 7) is 0. The highest BCUT2D eigenvalue weighted by molar-refractivity contribution is 7.92. The lowest BCUT2D eigenvalue weighted by Crippen LogP contribution is -2.13. The van der Waals surface area contributed by atoms with E-state index in [9.17, 15) is 13.2 Å². The van der Waals surface area contributed by atoms with Gasteiger partial charge < -0.3 is 28.7 Å². The molecule has 0 aliphatic rings. The van der Waals surface area contributed by atoms with E-state index in [0.29, 0.717) is 34.4 Å². The maximum Gasteiger partial charge on any atom is 0.291 e. The summed E-state index contributed by atoms with van der Waals surface area (Å²) >= 11 is 0. The molecule has 0 atom stereocenters. The number of amides is 1. The number of hydrogen-bond acceptors (Lipinski definition) is 8. The van der Waals surface area contributed by atoms with Crippen LogP contribution in [-0.4, -0.2) is 35.7 Å². The Kier molecular flexibility index (Phi) is 7.54. The summed E-state index contributed by atoms with van der Waals surface area (Å²) in [7, 11) is 0.649. The summed E-state index contributed by atoms with van der Waals surface area (Å²) in [6, 6.07) is 20.4. The van der Waals surface area contributed by atoms with Crippen molar-refractivity contribution in [2.75, 3.05) is 31.4 Å². The third-order valence-electron chi connectivity index (χ3n) is 5.12. The zero-order valence-electron chi connectivity index (χ0n) is 20.2. The van der Waals surface area contributed by atoms with Crippen molar-refractivity contribution in [3.05, 3.63) is 84.6 Å². The summed E-state index contributed by atoms with van der Waals surface area (Å²) in [6.07, 6.45) is 0. The summed E-state index contributed by atoms with van der Waals surface area (Å²) in [5.74, 6) is 0.894. The SMILES string of the molecule is COc1cc(OC)c(NC(=O)c2ccc(Oc3cccc(NS(=O)(=O)c4ccccc4)c3)o2)c(OC)c1. The molecule has 192 valence electrons. The molecule has 0 spiro atoms. The van der Waals surface area contributed by atoms with Gasteiger partial charge in [0.05, 0.1) is 31.9 Å². The van der Waals surface area contributed by atoms with E-state index in [1.165, 1.54) is 51.7 Å². The predicted octanol–water partition coefficient (Wildman–Crippen LogP) is 5.15. The number of ether oxygens (including phenoxy) is 4. The van der Waals surface area contributed by atoms with Gasteiger partial charge in [-0.3, -0.25) is 9.52 Å². The van der Waals surface area contributed by atoms with Crippen molar-refractivity contribution in [1.82, 2.24) is 0 Å².